The van der Waals surface area contributed by atoms with Gasteiger partial charge in [-0.25, -0.2) is 12.3 Å². The van der Waals surface area contributed by atoms with Gasteiger partial charge in [0.1, 0.15) is 0 Å². The van der Waals surface area contributed by atoms with Crippen LogP contribution in [-0.2, 0) is 9.84 Å². The van der Waals surface area contributed by atoms with Crippen molar-refractivity contribution >= 4 is 26.0 Å². The molecule has 2 saturated heterocycles. The zero-order chi connectivity index (χ0) is 7.35. The maximum Gasteiger partial charge on any atom is 0.156 e. The molecule has 2 rings (SSSR count). The number of fused-ring (bicyclic) bond motifs is 2. The standard InChI is InChI=1S/C5H8BrNO2S/c6-7-2-5-1-4(7)3-10(5,8)9/h4-5H,1-3H2. The van der Waals surface area contributed by atoms with E-state index in [4.69, 9.17) is 0 Å². The van der Waals surface area contributed by atoms with E-state index in [0.717, 1.165) is 6.42 Å². The van der Waals surface area contributed by atoms with E-state index in [2.05, 4.69) is 16.1 Å². The molecule has 2 heterocycles. The van der Waals surface area contributed by atoms with Crippen LogP contribution in [0.2, 0.25) is 0 Å². The summed E-state index contributed by atoms with van der Waals surface area (Å²) in [5.41, 5.74) is 0. The number of nitrogens with zero attached hydrogens (tertiary/aromatic N) is 1. The zero-order valence-electron chi connectivity index (χ0n) is 5.33. The summed E-state index contributed by atoms with van der Waals surface area (Å²) in [5, 5.41) is -0.0862. The van der Waals surface area contributed by atoms with Crippen molar-refractivity contribution < 1.29 is 8.42 Å². The summed E-state index contributed by atoms with van der Waals surface area (Å²) >= 11 is 3.32. The van der Waals surface area contributed by atoms with Crippen LogP contribution in [0.15, 0.2) is 0 Å². The van der Waals surface area contributed by atoms with Gasteiger partial charge >= 0.3 is 0 Å². The average Bonchev–Trinajstić information content (AvgIpc) is 2.21. The minimum atomic E-state index is -2.69. The van der Waals surface area contributed by atoms with E-state index in [1.54, 1.807) is 0 Å². The highest BCUT2D eigenvalue weighted by Gasteiger charge is 2.47. The van der Waals surface area contributed by atoms with E-state index in [0.29, 0.717) is 12.3 Å². The Balaban J connectivity index is 2.32. The van der Waals surface area contributed by atoms with Gasteiger partial charge in [-0.3, -0.25) is 0 Å². The smallest absolute Gasteiger partial charge is 0.156 e. The van der Waals surface area contributed by atoms with Crippen molar-refractivity contribution in [3.63, 3.8) is 0 Å². The Kier molecular flexibility index (Phi) is 1.38. The molecule has 2 unspecified atom stereocenters. The summed E-state index contributed by atoms with van der Waals surface area (Å²) in [6, 6.07) is 0.245. The van der Waals surface area contributed by atoms with Gasteiger partial charge in [0.15, 0.2) is 9.84 Å². The molecule has 0 saturated carbocycles. The third kappa shape index (κ3) is 0.838. The van der Waals surface area contributed by atoms with Crippen molar-refractivity contribution in [1.29, 1.82) is 0 Å². The van der Waals surface area contributed by atoms with E-state index >= 15 is 0 Å². The molecule has 0 radical (unpaired) electrons. The summed E-state index contributed by atoms with van der Waals surface area (Å²) in [6.45, 7) is 0.674. The second-order valence-corrected chi connectivity index (χ2v) is 6.16. The number of sulfone groups is 1. The number of rotatable bonds is 0. The van der Waals surface area contributed by atoms with Crippen LogP contribution in [0.1, 0.15) is 6.42 Å². The predicted octanol–water partition coefficient (Wildman–Crippen LogP) is 0.168. The largest absolute Gasteiger partial charge is 0.237 e. The first-order valence-corrected chi connectivity index (χ1v) is 5.66. The second-order valence-electron chi connectivity index (χ2n) is 2.92. The van der Waals surface area contributed by atoms with Gasteiger partial charge in [-0.1, -0.05) is 0 Å². The minimum absolute atomic E-state index is 0.0862. The lowest BCUT2D eigenvalue weighted by atomic mass is 10.3. The lowest BCUT2D eigenvalue weighted by Crippen LogP contribution is -2.34. The molecule has 0 aromatic carbocycles. The third-order valence-electron chi connectivity index (χ3n) is 2.24. The van der Waals surface area contributed by atoms with Gasteiger partial charge in [-0.15, -0.1) is 0 Å². The van der Waals surface area contributed by atoms with Crippen molar-refractivity contribution in [2.45, 2.75) is 17.7 Å². The minimum Gasteiger partial charge on any atom is -0.237 e. The monoisotopic (exact) mass is 225 g/mol. The fourth-order valence-corrected chi connectivity index (χ4v) is 4.72. The maximum absolute atomic E-state index is 11.1. The molecule has 58 valence electrons. The Labute approximate surface area is 68.7 Å². The molecule has 0 aliphatic carbocycles. The van der Waals surface area contributed by atoms with Gasteiger partial charge < -0.3 is 0 Å². The molecule has 0 aromatic rings. The molecule has 10 heavy (non-hydrogen) atoms. The van der Waals surface area contributed by atoms with Gasteiger partial charge in [0, 0.05) is 28.7 Å². The Hall–Kier alpha value is 0.390. The predicted molar refractivity (Wildman–Crippen MR) is 41.6 cm³/mol. The number of hydrogen-bond donors (Lipinski definition) is 0. The quantitative estimate of drug-likeness (QED) is 0.552. The van der Waals surface area contributed by atoms with Crippen LogP contribution in [0.5, 0.6) is 0 Å². The lowest BCUT2D eigenvalue weighted by Gasteiger charge is -2.18. The zero-order valence-corrected chi connectivity index (χ0v) is 7.73. The van der Waals surface area contributed by atoms with Gasteiger partial charge in [-0.05, 0) is 6.42 Å². The first-order chi connectivity index (χ1) is 4.59. The molecule has 2 fully saturated rings. The molecule has 0 amide bonds. The van der Waals surface area contributed by atoms with Crippen molar-refractivity contribution in [3.8, 4) is 0 Å². The van der Waals surface area contributed by atoms with Crippen LogP contribution in [0.3, 0.4) is 0 Å². The van der Waals surface area contributed by atoms with Gasteiger partial charge in [-0.2, -0.15) is 0 Å². The lowest BCUT2D eigenvalue weighted by molar-refractivity contribution is 0.471. The fraction of sp³-hybridized carbons (Fsp3) is 1.00. The van der Waals surface area contributed by atoms with Crippen LogP contribution in [0.4, 0.5) is 0 Å². The van der Waals surface area contributed by atoms with E-state index < -0.39 is 9.84 Å². The molecule has 3 nitrogen and oxygen atoms in total. The Morgan fingerprint density at radius 2 is 2.20 bits per heavy atom. The summed E-state index contributed by atoms with van der Waals surface area (Å²) in [7, 11) is -2.69. The molecule has 2 aliphatic rings. The van der Waals surface area contributed by atoms with Crippen LogP contribution >= 0.6 is 16.1 Å². The highest BCUT2D eigenvalue weighted by atomic mass is 79.9. The normalized spacial score (nSPS) is 44.5. The average molecular weight is 226 g/mol. The first kappa shape index (κ1) is 7.06. The molecule has 2 aliphatic heterocycles. The number of hydrogen-bond acceptors (Lipinski definition) is 3. The molecule has 2 bridgehead atoms. The Bertz CT molecular complexity index is 248. The van der Waals surface area contributed by atoms with Crippen molar-refractivity contribution in [1.82, 2.24) is 3.93 Å². The Morgan fingerprint density at radius 3 is 2.50 bits per heavy atom. The molecule has 0 spiro atoms. The van der Waals surface area contributed by atoms with E-state index in [-0.39, 0.29) is 11.3 Å². The molecule has 0 N–H and O–H groups in total. The second kappa shape index (κ2) is 1.95. The van der Waals surface area contributed by atoms with Crippen molar-refractivity contribution in [3.05, 3.63) is 0 Å². The highest BCUT2D eigenvalue weighted by molar-refractivity contribution is 9.07. The summed E-state index contributed by atoms with van der Waals surface area (Å²) in [6.07, 6.45) is 0.827. The van der Waals surface area contributed by atoms with Crippen molar-refractivity contribution in [2.24, 2.45) is 0 Å². The SMILES string of the molecule is O=S1(=O)CC2CC1CN2Br. The summed E-state index contributed by atoms with van der Waals surface area (Å²) in [4.78, 5) is 0. The third-order valence-corrected chi connectivity index (χ3v) is 5.32. The summed E-state index contributed by atoms with van der Waals surface area (Å²) in [5.74, 6) is 0.350. The molecule has 5 heteroatoms. The Morgan fingerprint density at radius 1 is 1.50 bits per heavy atom. The van der Waals surface area contributed by atoms with Crippen LogP contribution < -0.4 is 0 Å². The molecular weight excluding hydrogens is 218 g/mol. The highest BCUT2D eigenvalue weighted by Crippen LogP contribution is 2.34. The van der Waals surface area contributed by atoms with Crippen LogP contribution in [0, 0.1) is 0 Å². The number of halogens is 1. The molecule has 0 aromatic heterocycles. The first-order valence-electron chi connectivity index (χ1n) is 3.23. The van der Waals surface area contributed by atoms with E-state index in [1.807, 2.05) is 3.93 Å². The maximum atomic E-state index is 11.1. The topological polar surface area (TPSA) is 37.4 Å². The van der Waals surface area contributed by atoms with E-state index in [9.17, 15) is 8.42 Å². The van der Waals surface area contributed by atoms with Crippen LogP contribution in [0.25, 0.3) is 0 Å². The summed E-state index contributed by atoms with van der Waals surface area (Å²) < 4.78 is 24.2. The van der Waals surface area contributed by atoms with Gasteiger partial charge in [0.05, 0.1) is 11.0 Å². The fourth-order valence-electron chi connectivity index (χ4n) is 1.65. The van der Waals surface area contributed by atoms with Gasteiger partial charge in [0.25, 0.3) is 0 Å². The molecule has 2 atom stereocenters. The van der Waals surface area contributed by atoms with Crippen molar-refractivity contribution in [2.75, 3.05) is 12.3 Å². The van der Waals surface area contributed by atoms with Gasteiger partial charge in [0.2, 0.25) is 0 Å². The van der Waals surface area contributed by atoms with E-state index in [1.165, 1.54) is 0 Å². The van der Waals surface area contributed by atoms with Crippen LogP contribution in [-0.4, -0.2) is 35.9 Å². The molecular formula is C5H8BrNO2S.